The molecule has 150 valence electrons. The van der Waals surface area contributed by atoms with E-state index in [1.54, 1.807) is 0 Å². The number of hydrogen-bond donors (Lipinski definition) is 2. The topological polar surface area (TPSA) is 53.8 Å². The minimum absolute atomic E-state index is 0. The summed E-state index contributed by atoms with van der Waals surface area (Å²) < 4.78 is 7.26. The lowest BCUT2D eigenvalue weighted by Crippen LogP contribution is -2.44. The molecule has 1 aliphatic heterocycles. The average Bonchev–Trinajstić information content (AvgIpc) is 2.85. The first kappa shape index (κ1) is 23.8. The standard InChI is InChI=1S/C17H29Cl2N5O.HI/c1-4-20-17(22-11-14-9-15(18)16(19)23(14)3)21-10-13(2)12-24-5-7-25-8-6-24;/h9,13H,4-8,10-12H2,1-3H3,(H2,20,21,22);1H. The van der Waals surface area contributed by atoms with E-state index in [1.165, 1.54) is 0 Å². The summed E-state index contributed by atoms with van der Waals surface area (Å²) in [6.45, 7) is 11.3. The van der Waals surface area contributed by atoms with Crippen LogP contribution in [-0.4, -0.2) is 61.4 Å². The highest BCUT2D eigenvalue weighted by atomic mass is 127. The predicted octanol–water partition coefficient (Wildman–Crippen LogP) is 2.97. The van der Waals surface area contributed by atoms with Crippen LogP contribution in [0.25, 0.3) is 0 Å². The van der Waals surface area contributed by atoms with Gasteiger partial charge in [-0.3, -0.25) is 4.90 Å². The van der Waals surface area contributed by atoms with Gasteiger partial charge in [0.1, 0.15) is 5.15 Å². The number of aromatic nitrogens is 1. The van der Waals surface area contributed by atoms with E-state index in [0.29, 0.717) is 22.6 Å². The van der Waals surface area contributed by atoms with Gasteiger partial charge in [0.25, 0.3) is 0 Å². The minimum atomic E-state index is 0. The molecule has 0 spiro atoms. The largest absolute Gasteiger partial charge is 0.379 e. The third-order valence-electron chi connectivity index (χ3n) is 4.25. The van der Waals surface area contributed by atoms with Gasteiger partial charge in [-0.25, -0.2) is 4.99 Å². The number of rotatable bonds is 7. The maximum atomic E-state index is 6.11. The summed E-state index contributed by atoms with van der Waals surface area (Å²) in [6, 6.07) is 1.86. The molecule has 0 amide bonds. The molecular formula is C17H30Cl2IN5O. The molecule has 1 aliphatic rings. The first-order chi connectivity index (χ1) is 12.0. The fourth-order valence-corrected chi connectivity index (χ4v) is 3.22. The Bertz CT molecular complexity index is 576. The summed E-state index contributed by atoms with van der Waals surface area (Å²) in [7, 11) is 1.89. The van der Waals surface area contributed by atoms with Crippen LogP contribution in [0.15, 0.2) is 11.1 Å². The quantitative estimate of drug-likeness (QED) is 0.331. The number of halogens is 3. The van der Waals surface area contributed by atoms with Crippen molar-refractivity contribution < 1.29 is 4.74 Å². The van der Waals surface area contributed by atoms with E-state index in [4.69, 9.17) is 27.9 Å². The van der Waals surface area contributed by atoms with Crippen molar-refractivity contribution in [3.8, 4) is 0 Å². The molecule has 1 aromatic heterocycles. The number of nitrogens with one attached hydrogen (secondary N) is 2. The molecule has 1 unspecified atom stereocenters. The Hall–Kier alpha value is -0.220. The van der Waals surface area contributed by atoms with Crippen LogP contribution in [0.3, 0.4) is 0 Å². The number of aliphatic imine (C=N–C) groups is 1. The zero-order valence-electron chi connectivity index (χ0n) is 15.7. The fraction of sp³-hybridized carbons (Fsp3) is 0.706. The third kappa shape index (κ3) is 7.42. The number of guanidine groups is 1. The summed E-state index contributed by atoms with van der Waals surface area (Å²) in [6.07, 6.45) is 0. The lowest BCUT2D eigenvalue weighted by atomic mass is 10.1. The SMILES string of the molecule is CCNC(=NCc1cc(Cl)c(Cl)n1C)NCC(C)CN1CCOCC1.I. The van der Waals surface area contributed by atoms with Crippen molar-refractivity contribution in [3.63, 3.8) is 0 Å². The number of nitrogens with zero attached hydrogens (tertiary/aromatic N) is 3. The second-order valence-corrected chi connectivity index (χ2v) is 7.19. The Morgan fingerprint density at radius 1 is 1.31 bits per heavy atom. The Morgan fingerprint density at radius 2 is 2.00 bits per heavy atom. The molecule has 0 bridgehead atoms. The van der Waals surface area contributed by atoms with Crippen molar-refractivity contribution in [2.75, 3.05) is 45.9 Å². The lowest BCUT2D eigenvalue weighted by Gasteiger charge is -2.29. The molecule has 6 nitrogen and oxygen atoms in total. The van der Waals surface area contributed by atoms with Gasteiger partial charge in [-0.2, -0.15) is 0 Å². The van der Waals surface area contributed by atoms with Crippen molar-refractivity contribution in [3.05, 3.63) is 21.9 Å². The molecular weight excluding hydrogens is 488 g/mol. The normalized spacial score (nSPS) is 16.9. The maximum absolute atomic E-state index is 6.11. The van der Waals surface area contributed by atoms with Crippen LogP contribution in [0.1, 0.15) is 19.5 Å². The van der Waals surface area contributed by atoms with Gasteiger partial charge < -0.3 is 19.9 Å². The van der Waals surface area contributed by atoms with E-state index in [-0.39, 0.29) is 24.0 Å². The predicted molar refractivity (Wildman–Crippen MR) is 120 cm³/mol. The van der Waals surface area contributed by atoms with Crippen molar-refractivity contribution >= 4 is 53.1 Å². The summed E-state index contributed by atoms with van der Waals surface area (Å²) >= 11 is 12.2. The van der Waals surface area contributed by atoms with Gasteiger partial charge in [-0.15, -0.1) is 24.0 Å². The Balaban J connectivity index is 0.00000338. The van der Waals surface area contributed by atoms with Crippen molar-refractivity contribution in [1.82, 2.24) is 20.1 Å². The first-order valence-corrected chi connectivity index (χ1v) is 9.58. The van der Waals surface area contributed by atoms with Gasteiger partial charge in [0.05, 0.1) is 24.8 Å². The Labute approximate surface area is 183 Å². The van der Waals surface area contributed by atoms with Crippen LogP contribution >= 0.6 is 47.2 Å². The fourth-order valence-electron chi connectivity index (χ4n) is 2.80. The molecule has 26 heavy (non-hydrogen) atoms. The third-order valence-corrected chi connectivity index (χ3v) is 5.09. The van der Waals surface area contributed by atoms with Crippen LogP contribution in [0, 0.1) is 5.92 Å². The van der Waals surface area contributed by atoms with E-state index in [0.717, 1.165) is 57.6 Å². The van der Waals surface area contributed by atoms with Gasteiger partial charge in [-0.1, -0.05) is 30.1 Å². The zero-order valence-corrected chi connectivity index (χ0v) is 19.6. The molecule has 2 rings (SSSR count). The summed E-state index contributed by atoms with van der Waals surface area (Å²) in [5.74, 6) is 1.34. The highest BCUT2D eigenvalue weighted by molar-refractivity contribution is 14.0. The first-order valence-electron chi connectivity index (χ1n) is 8.83. The number of hydrogen-bond acceptors (Lipinski definition) is 3. The molecule has 0 saturated carbocycles. The maximum Gasteiger partial charge on any atom is 0.191 e. The van der Waals surface area contributed by atoms with Crippen molar-refractivity contribution in [2.45, 2.75) is 20.4 Å². The minimum Gasteiger partial charge on any atom is -0.379 e. The van der Waals surface area contributed by atoms with E-state index >= 15 is 0 Å². The van der Waals surface area contributed by atoms with Gasteiger partial charge in [0.15, 0.2) is 5.96 Å². The van der Waals surface area contributed by atoms with Crippen molar-refractivity contribution in [2.24, 2.45) is 18.0 Å². The monoisotopic (exact) mass is 517 g/mol. The molecule has 0 aliphatic carbocycles. The van der Waals surface area contributed by atoms with E-state index in [9.17, 15) is 0 Å². The lowest BCUT2D eigenvalue weighted by molar-refractivity contribution is 0.0320. The highest BCUT2D eigenvalue weighted by Gasteiger charge is 2.14. The second kappa shape index (κ2) is 12.3. The van der Waals surface area contributed by atoms with Crippen LogP contribution in [0.5, 0.6) is 0 Å². The van der Waals surface area contributed by atoms with Crippen LogP contribution in [0.2, 0.25) is 10.2 Å². The molecule has 2 heterocycles. The smallest absolute Gasteiger partial charge is 0.191 e. The van der Waals surface area contributed by atoms with Crippen molar-refractivity contribution in [1.29, 1.82) is 0 Å². The Kier molecular flexibility index (Phi) is 11.2. The van der Waals surface area contributed by atoms with Crippen LogP contribution in [0.4, 0.5) is 0 Å². The van der Waals surface area contributed by atoms with Gasteiger partial charge >= 0.3 is 0 Å². The number of morpholine rings is 1. The Morgan fingerprint density at radius 3 is 2.58 bits per heavy atom. The summed E-state index contributed by atoms with van der Waals surface area (Å²) in [4.78, 5) is 7.09. The van der Waals surface area contributed by atoms with Crippen LogP contribution < -0.4 is 10.6 Å². The molecule has 1 saturated heterocycles. The van der Waals surface area contributed by atoms with E-state index in [1.807, 2.05) is 17.7 Å². The van der Waals surface area contributed by atoms with E-state index in [2.05, 4.69) is 34.4 Å². The summed E-state index contributed by atoms with van der Waals surface area (Å²) in [5.41, 5.74) is 0.980. The highest BCUT2D eigenvalue weighted by Crippen LogP contribution is 2.25. The summed E-state index contributed by atoms with van der Waals surface area (Å²) in [5, 5.41) is 7.82. The molecule has 1 aromatic rings. The van der Waals surface area contributed by atoms with Crippen LogP contribution in [-0.2, 0) is 18.3 Å². The van der Waals surface area contributed by atoms with Gasteiger partial charge in [0.2, 0.25) is 0 Å². The average molecular weight is 518 g/mol. The zero-order chi connectivity index (χ0) is 18.2. The number of ether oxygens (including phenoxy) is 1. The van der Waals surface area contributed by atoms with E-state index < -0.39 is 0 Å². The molecule has 0 radical (unpaired) electrons. The molecule has 1 atom stereocenters. The van der Waals surface area contributed by atoms with Gasteiger partial charge in [0, 0.05) is 45.5 Å². The van der Waals surface area contributed by atoms with Gasteiger partial charge in [-0.05, 0) is 18.9 Å². The molecule has 9 heteroatoms. The molecule has 0 aromatic carbocycles. The molecule has 1 fully saturated rings. The molecule has 2 N–H and O–H groups in total. The second-order valence-electron chi connectivity index (χ2n) is 6.43.